The van der Waals surface area contributed by atoms with Gasteiger partial charge in [0, 0.05) is 0 Å². The Kier molecular flexibility index (Phi) is 6.00. The first-order valence-corrected chi connectivity index (χ1v) is 11.4. The normalized spacial score (nSPS) is 16.7. The van der Waals surface area contributed by atoms with Crippen LogP contribution in [0.15, 0.2) is 95.9 Å². The van der Waals surface area contributed by atoms with Crippen LogP contribution in [0.1, 0.15) is 11.1 Å². The summed E-state index contributed by atoms with van der Waals surface area (Å²) in [7, 11) is 0. The molecule has 1 aliphatic rings. The quantitative estimate of drug-likeness (QED) is 0.341. The predicted octanol–water partition coefficient (Wildman–Crippen LogP) is 6.16. The van der Waals surface area contributed by atoms with Gasteiger partial charge in [0.25, 0.3) is 5.91 Å². The predicted molar refractivity (Wildman–Crippen MR) is 132 cm³/mol. The lowest BCUT2D eigenvalue weighted by Crippen LogP contribution is -2.31. The van der Waals surface area contributed by atoms with Crippen LogP contribution >= 0.6 is 11.8 Å². The minimum atomic E-state index is -0.427. The van der Waals surface area contributed by atoms with E-state index in [0.29, 0.717) is 17.2 Å². The smallest absolute Gasteiger partial charge is 0.260 e. The molecule has 0 bridgehead atoms. The molecule has 1 unspecified atom stereocenters. The molecule has 2 N–H and O–H groups in total. The lowest BCUT2D eigenvalue weighted by molar-refractivity contribution is -0.116. The molecule has 1 atom stereocenters. The average molecular weight is 457 g/mol. The molecule has 4 aromatic rings. The van der Waals surface area contributed by atoms with Gasteiger partial charge in [-0.1, -0.05) is 78.5 Å². The number of benzene rings is 4. The van der Waals surface area contributed by atoms with Gasteiger partial charge in [-0.2, -0.15) is 0 Å². The molecule has 6 heteroatoms. The molecule has 0 aromatic heterocycles. The maximum atomic E-state index is 13.9. The molecular formula is C27H21FN2O2S. The van der Waals surface area contributed by atoms with Crippen molar-refractivity contribution in [3.8, 4) is 5.75 Å². The molecule has 0 radical (unpaired) electrons. The maximum Gasteiger partial charge on any atom is 0.260 e. The van der Waals surface area contributed by atoms with Gasteiger partial charge in [-0.25, -0.2) is 4.39 Å². The SMILES string of the molecule is O=C1NC(Nc2ccccc2F)S/C1=C\c1ccc(OCc2cccc3ccccc23)cc1. The van der Waals surface area contributed by atoms with Crippen molar-refractivity contribution >= 4 is 40.2 Å². The second-order valence-corrected chi connectivity index (χ2v) is 8.75. The van der Waals surface area contributed by atoms with Crippen LogP contribution in [-0.2, 0) is 11.4 Å². The monoisotopic (exact) mass is 456 g/mol. The Balaban J connectivity index is 1.23. The van der Waals surface area contributed by atoms with Gasteiger partial charge in [-0.05, 0) is 52.2 Å². The summed E-state index contributed by atoms with van der Waals surface area (Å²) in [6.07, 6.45) is 1.82. The molecule has 0 spiro atoms. The summed E-state index contributed by atoms with van der Waals surface area (Å²) in [6.45, 7) is 0.476. The van der Waals surface area contributed by atoms with E-state index < -0.39 is 5.50 Å². The van der Waals surface area contributed by atoms with Gasteiger partial charge in [-0.15, -0.1) is 0 Å². The highest BCUT2D eigenvalue weighted by Gasteiger charge is 2.27. The molecule has 164 valence electrons. The lowest BCUT2D eigenvalue weighted by Gasteiger charge is -2.12. The van der Waals surface area contributed by atoms with Gasteiger partial charge in [0.1, 0.15) is 18.2 Å². The highest BCUT2D eigenvalue weighted by molar-refractivity contribution is 8.05. The average Bonchev–Trinajstić information content (AvgIpc) is 3.18. The van der Waals surface area contributed by atoms with Gasteiger partial charge >= 0.3 is 0 Å². The summed E-state index contributed by atoms with van der Waals surface area (Å²) in [5.41, 5.74) is 1.94. The summed E-state index contributed by atoms with van der Waals surface area (Å²) in [5.74, 6) is 0.210. The number of ether oxygens (including phenoxy) is 1. The van der Waals surface area contributed by atoms with Gasteiger partial charge in [0.2, 0.25) is 0 Å². The summed E-state index contributed by atoms with van der Waals surface area (Å²) < 4.78 is 19.8. The van der Waals surface area contributed by atoms with Crippen molar-refractivity contribution < 1.29 is 13.9 Å². The molecular weight excluding hydrogens is 435 g/mol. The summed E-state index contributed by atoms with van der Waals surface area (Å²) in [6, 6.07) is 28.5. The molecule has 0 saturated carbocycles. The number of amides is 1. The number of rotatable bonds is 6. The van der Waals surface area contributed by atoms with E-state index in [-0.39, 0.29) is 11.7 Å². The molecule has 4 nitrogen and oxygen atoms in total. The van der Waals surface area contributed by atoms with E-state index in [1.165, 1.54) is 28.6 Å². The Morgan fingerprint density at radius 1 is 0.939 bits per heavy atom. The van der Waals surface area contributed by atoms with Crippen LogP contribution in [0.2, 0.25) is 0 Å². The molecule has 1 amide bonds. The molecule has 0 aliphatic carbocycles. The van der Waals surface area contributed by atoms with Crippen molar-refractivity contribution in [1.82, 2.24) is 5.32 Å². The van der Waals surface area contributed by atoms with Crippen molar-refractivity contribution in [2.75, 3.05) is 5.32 Å². The third-order valence-corrected chi connectivity index (χ3v) is 6.37. The Labute approximate surface area is 195 Å². The standard InChI is InChI=1S/C27H21FN2O2S/c28-23-10-3-4-11-24(23)29-27-30-26(31)25(33-27)16-18-12-14-21(15-13-18)32-17-20-8-5-7-19-6-1-2-9-22(19)20/h1-16,27,29H,17H2,(H,30,31)/b25-16-. The third kappa shape index (κ3) is 4.86. The first-order chi connectivity index (χ1) is 16.2. The first kappa shape index (κ1) is 21.1. The highest BCUT2D eigenvalue weighted by Crippen LogP contribution is 2.31. The van der Waals surface area contributed by atoms with Crippen molar-refractivity contribution in [1.29, 1.82) is 0 Å². The van der Waals surface area contributed by atoms with Crippen molar-refractivity contribution in [2.24, 2.45) is 0 Å². The minimum Gasteiger partial charge on any atom is -0.489 e. The molecule has 5 rings (SSSR count). The van der Waals surface area contributed by atoms with Gasteiger partial charge in [0.05, 0.1) is 10.6 Å². The third-order valence-electron chi connectivity index (χ3n) is 5.34. The molecule has 4 aromatic carbocycles. The molecule has 33 heavy (non-hydrogen) atoms. The Bertz CT molecular complexity index is 1330. The van der Waals surface area contributed by atoms with Crippen molar-refractivity contribution in [2.45, 2.75) is 12.1 Å². The topological polar surface area (TPSA) is 50.4 Å². The van der Waals surface area contributed by atoms with Gasteiger partial charge in [0.15, 0.2) is 5.50 Å². The maximum absolute atomic E-state index is 13.9. The number of hydrogen-bond acceptors (Lipinski definition) is 4. The van der Waals surface area contributed by atoms with E-state index in [0.717, 1.165) is 16.9 Å². The molecule has 1 aliphatic heterocycles. The van der Waals surface area contributed by atoms with Gasteiger partial charge < -0.3 is 15.4 Å². The molecule has 1 fully saturated rings. The Morgan fingerprint density at radius 2 is 1.70 bits per heavy atom. The second-order valence-electron chi connectivity index (χ2n) is 7.60. The van der Waals surface area contributed by atoms with Crippen LogP contribution in [0.25, 0.3) is 16.8 Å². The second kappa shape index (κ2) is 9.38. The summed E-state index contributed by atoms with van der Waals surface area (Å²) >= 11 is 1.32. The van der Waals surface area contributed by atoms with Crippen molar-refractivity contribution in [3.63, 3.8) is 0 Å². The fraction of sp³-hybridized carbons (Fsp3) is 0.0741. The van der Waals surface area contributed by atoms with E-state index in [2.05, 4.69) is 34.9 Å². The van der Waals surface area contributed by atoms with Crippen LogP contribution < -0.4 is 15.4 Å². The zero-order chi connectivity index (χ0) is 22.6. The number of fused-ring (bicyclic) bond motifs is 1. The number of carbonyl (C=O) groups excluding carboxylic acids is 1. The number of carbonyl (C=O) groups is 1. The number of hydrogen-bond donors (Lipinski definition) is 2. The van der Waals surface area contributed by atoms with E-state index in [4.69, 9.17) is 4.74 Å². The molecule has 1 saturated heterocycles. The zero-order valence-electron chi connectivity index (χ0n) is 17.6. The lowest BCUT2D eigenvalue weighted by atomic mass is 10.1. The Morgan fingerprint density at radius 3 is 2.55 bits per heavy atom. The number of anilines is 1. The van der Waals surface area contributed by atoms with E-state index in [1.807, 2.05) is 48.5 Å². The number of halogens is 1. The Hall–Kier alpha value is -3.77. The summed E-state index contributed by atoms with van der Waals surface area (Å²) in [4.78, 5) is 12.9. The minimum absolute atomic E-state index is 0.190. The van der Waals surface area contributed by atoms with Crippen LogP contribution in [0.3, 0.4) is 0 Å². The number of thioether (sulfide) groups is 1. The fourth-order valence-electron chi connectivity index (χ4n) is 3.68. The molecule has 1 heterocycles. The number of para-hydroxylation sites is 1. The highest BCUT2D eigenvalue weighted by atomic mass is 32.2. The first-order valence-electron chi connectivity index (χ1n) is 10.6. The fourth-order valence-corrected chi connectivity index (χ4v) is 4.65. The van der Waals surface area contributed by atoms with Crippen LogP contribution in [0.4, 0.5) is 10.1 Å². The van der Waals surface area contributed by atoms with Crippen LogP contribution in [0, 0.1) is 5.82 Å². The van der Waals surface area contributed by atoms with Crippen molar-refractivity contribution in [3.05, 3.63) is 113 Å². The van der Waals surface area contributed by atoms with Gasteiger partial charge in [-0.3, -0.25) is 4.79 Å². The largest absolute Gasteiger partial charge is 0.489 e. The van der Waals surface area contributed by atoms with E-state index >= 15 is 0 Å². The van der Waals surface area contributed by atoms with E-state index in [1.54, 1.807) is 18.2 Å². The summed E-state index contributed by atoms with van der Waals surface area (Å²) in [5, 5.41) is 8.20. The zero-order valence-corrected chi connectivity index (χ0v) is 18.4. The van der Waals surface area contributed by atoms with Crippen LogP contribution in [-0.4, -0.2) is 11.4 Å². The van der Waals surface area contributed by atoms with Crippen LogP contribution in [0.5, 0.6) is 5.75 Å². The van der Waals surface area contributed by atoms with E-state index in [9.17, 15) is 9.18 Å². The number of nitrogens with one attached hydrogen (secondary N) is 2.